The van der Waals surface area contributed by atoms with Gasteiger partial charge in [0.05, 0.1) is 55.0 Å². The number of hydrogen-bond donors (Lipinski definition) is 6. The van der Waals surface area contributed by atoms with Gasteiger partial charge in [-0.2, -0.15) is 26.3 Å². The molecule has 6 N–H and O–H groups in total. The Morgan fingerprint density at radius 1 is 0.818 bits per heavy atom. The number of anilines is 1. The van der Waals surface area contributed by atoms with E-state index < -0.39 is 84.5 Å². The molecule has 5 heterocycles. The largest absolute Gasteiger partial charge is 0.465 e. The second-order valence-electron chi connectivity index (χ2n) is 20.4. The highest BCUT2D eigenvalue weighted by Crippen LogP contribution is 2.42. The number of ether oxygens (including phenoxy) is 2. The lowest BCUT2D eigenvalue weighted by atomic mass is 9.82. The van der Waals surface area contributed by atoms with Crippen molar-refractivity contribution in [2.45, 2.75) is 108 Å². The Kier molecular flexibility index (Phi) is 18.0. The third kappa shape index (κ3) is 13.9. The van der Waals surface area contributed by atoms with Gasteiger partial charge in [-0.1, -0.05) is 53.8 Å². The topological polar surface area (TPSA) is 211 Å². The molecule has 6 atom stereocenters. The number of carboxylic acid groups (broad SMARTS) is 1. The summed E-state index contributed by atoms with van der Waals surface area (Å²) >= 11 is 6.72. The number of carbonyl (C=O) groups excluding carboxylic acids is 3. The molecule has 414 valence electrons. The van der Waals surface area contributed by atoms with Gasteiger partial charge < -0.3 is 40.5 Å². The van der Waals surface area contributed by atoms with Gasteiger partial charge in [-0.3, -0.25) is 24.9 Å². The maximum absolute atomic E-state index is 14.6. The minimum atomic E-state index is -5.13. The number of methoxy groups -OCH3 is 1. The first-order chi connectivity index (χ1) is 36.2. The Morgan fingerprint density at radius 3 is 1.97 bits per heavy atom. The predicted molar refractivity (Wildman–Crippen MR) is 271 cm³/mol. The van der Waals surface area contributed by atoms with E-state index in [-0.39, 0.29) is 17.0 Å². The van der Waals surface area contributed by atoms with Crippen molar-refractivity contribution in [2.75, 3.05) is 44.9 Å². The lowest BCUT2D eigenvalue weighted by Crippen LogP contribution is -2.63. The highest BCUT2D eigenvalue weighted by atomic mass is 35.5. The Morgan fingerprint density at radius 2 is 1.44 bits per heavy atom. The number of aromatic nitrogens is 2. The van der Waals surface area contributed by atoms with Crippen LogP contribution in [0.15, 0.2) is 85.2 Å². The van der Waals surface area contributed by atoms with Crippen molar-refractivity contribution in [2.24, 2.45) is 10.8 Å². The number of fused-ring (bicyclic) bond motifs is 2. The van der Waals surface area contributed by atoms with E-state index in [0.29, 0.717) is 73.8 Å². The van der Waals surface area contributed by atoms with Gasteiger partial charge >= 0.3 is 24.5 Å². The number of aliphatic hydroxyl groups excluding tert-OH is 1. The molecular formula is C53H60ClF6N9O8. The number of pyridine rings is 2. The number of hydrogen-bond acceptors (Lipinski definition) is 12. The summed E-state index contributed by atoms with van der Waals surface area (Å²) in [5.74, 6) is 4.09. The van der Waals surface area contributed by atoms with Crippen molar-refractivity contribution in [3.05, 3.63) is 112 Å². The molecule has 3 saturated heterocycles. The normalized spacial score (nSPS) is 18.7. The van der Waals surface area contributed by atoms with Crippen LogP contribution in [-0.4, -0.2) is 149 Å². The number of aliphatic hydroxyl groups is 1. The van der Waals surface area contributed by atoms with Crippen molar-refractivity contribution in [1.29, 1.82) is 0 Å². The second kappa shape index (κ2) is 23.9. The fourth-order valence-corrected chi connectivity index (χ4v) is 9.75. The van der Waals surface area contributed by atoms with Gasteiger partial charge in [-0.25, -0.2) is 19.6 Å². The molecule has 0 aliphatic carbocycles. The molecule has 7 rings (SSSR count). The maximum atomic E-state index is 14.6. The third-order valence-electron chi connectivity index (χ3n) is 14.4. The van der Waals surface area contributed by atoms with E-state index in [1.165, 1.54) is 12.1 Å². The molecule has 2 bridgehead atoms. The van der Waals surface area contributed by atoms with E-state index in [0.717, 1.165) is 57.1 Å². The van der Waals surface area contributed by atoms with Crippen LogP contribution in [0.4, 0.5) is 41.7 Å². The molecule has 0 saturated carbocycles. The Labute approximate surface area is 446 Å². The molecule has 3 aliphatic rings. The fourth-order valence-electron chi connectivity index (χ4n) is 9.51. The number of nitrogens with one attached hydrogen (secondary N) is 4. The summed E-state index contributed by atoms with van der Waals surface area (Å²) in [5, 5.41) is 28.6. The van der Waals surface area contributed by atoms with Crippen molar-refractivity contribution in [3.63, 3.8) is 0 Å². The molecular weight excluding hydrogens is 1040 g/mol. The molecule has 4 amide bonds. The summed E-state index contributed by atoms with van der Waals surface area (Å²) in [7, 11) is 0.879. The highest BCUT2D eigenvalue weighted by molar-refractivity contribution is 6.31. The van der Waals surface area contributed by atoms with Crippen molar-refractivity contribution in [1.82, 2.24) is 41.3 Å². The summed E-state index contributed by atoms with van der Waals surface area (Å²) < 4.78 is 96.9. The van der Waals surface area contributed by atoms with E-state index in [1.54, 1.807) is 66.2 Å². The van der Waals surface area contributed by atoms with Crippen molar-refractivity contribution >= 4 is 41.4 Å². The van der Waals surface area contributed by atoms with Gasteiger partial charge in [0.25, 0.3) is 5.91 Å². The van der Waals surface area contributed by atoms with Crippen molar-refractivity contribution in [3.8, 4) is 23.1 Å². The lowest BCUT2D eigenvalue weighted by molar-refractivity contribution is -0.221. The number of alkyl halides is 6. The number of amides is 4. The van der Waals surface area contributed by atoms with Crippen LogP contribution in [0, 0.1) is 22.7 Å². The van der Waals surface area contributed by atoms with E-state index in [4.69, 9.17) is 21.3 Å². The zero-order valence-corrected chi connectivity index (χ0v) is 43.5. The number of nitrogens with zero attached hydrogens (tertiary/aromatic N) is 5. The number of rotatable bonds is 18. The summed E-state index contributed by atoms with van der Waals surface area (Å²) in [6.45, 7) is 4.61. The Bertz CT molecular complexity index is 2780. The van der Waals surface area contributed by atoms with E-state index in [1.807, 2.05) is 17.4 Å². The van der Waals surface area contributed by atoms with Crippen LogP contribution >= 0.6 is 11.6 Å². The number of hydrazine groups is 1. The molecule has 0 spiro atoms. The van der Waals surface area contributed by atoms with E-state index in [9.17, 15) is 55.7 Å². The number of benzene rings is 2. The van der Waals surface area contributed by atoms with Gasteiger partial charge in [0.15, 0.2) is 0 Å². The second-order valence-corrected chi connectivity index (χ2v) is 20.8. The summed E-state index contributed by atoms with van der Waals surface area (Å²) in [6.07, 6.45) is -10.3. The SMILES string of the molecule is COC(=O)NC(C(=O)NC(Cc1ccc(C#Cc2ccc(N3CC4CCC(C3)N4C3COC3)nc2)cc1)C(O)CN(Cc1ccc(-c2ccccn2)cc1Cl)NC(=O)C(NC(=O)O)C(C)(C)C(F)(F)F)C(C)(C)C(F)(F)F. The average molecular weight is 1100 g/mol. The molecule has 0 radical (unpaired) electrons. The number of alkyl carbamates (subject to hydrolysis) is 1. The zero-order chi connectivity index (χ0) is 56.0. The summed E-state index contributed by atoms with van der Waals surface area (Å²) in [5.41, 5.74) is -0.781. The zero-order valence-electron chi connectivity index (χ0n) is 42.7. The summed E-state index contributed by atoms with van der Waals surface area (Å²) in [4.78, 5) is 66.1. The number of piperazine rings is 1. The molecule has 4 aromatic rings. The number of halogens is 7. The Hall–Kier alpha value is -6.71. The fraction of sp³-hybridized carbons (Fsp3) is 0.472. The molecule has 2 aromatic carbocycles. The van der Waals surface area contributed by atoms with Crippen LogP contribution in [0.25, 0.3) is 11.3 Å². The molecule has 17 nitrogen and oxygen atoms in total. The van der Waals surface area contributed by atoms with E-state index in [2.05, 4.69) is 42.1 Å². The number of carbonyl (C=O) groups is 4. The molecule has 3 aliphatic heterocycles. The van der Waals surface area contributed by atoms with Crippen molar-refractivity contribution < 1.29 is 65.2 Å². The van der Waals surface area contributed by atoms with Gasteiger partial charge in [0.2, 0.25) is 5.91 Å². The quantitative estimate of drug-likeness (QED) is 0.0348. The van der Waals surface area contributed by atoms with Crippen LogP contribution in [0.5, 0.6) is 0 Å². The average Bonchev–Trinajstić information content (AvgIpc) is 3.64. The Balaban J connectivity index is 1.15. The van der Waals surface area contributed by atoms with Crippen LogP contribution < -0.4 is 26.3 Å². The minimum absolute atomic E-state index is 0.0705. The molecule has 2 aromatic heterocycles. The van der Waals surface area contributed by atoms with Crippen LogP contribution in [0.2, 0.25) is 5.02 Å². The lowest BCUT2D eigenvalue weighted by Gasteiger charge is -2.47. The van der Waals surface area contributed by atoms with Crippen LogP contribution in [0.1, 0.15) is 62.8 Å². The third-order valence-corrected chi connectivity index (χ3v) is 14.8. The standard InChI is InChI=1S/C53H60ClF6N9O8/c1-50(2,52(55,56)57)44(65-49(75)76-5)46(71)63-41(22-32-12-9-31(10-13-32)11-14-33-15-20-43(62-24-33)67-26-36-18-19-37(27-67)69(36)38-29-77-30-38)42(70)28-68(66-47(72)45(64-48(73)74)51(3,4)53(58,59)60)25-35-17-16-34(23-39(35)54)40-8-6-7-21-61-40/h6-10,12-13,15-17,20-21,23-24,36-38,41-42,44-45,64,70H,18-19,22,25-30H2,1-5H3,(H,63,71)(H,65,75)(H,66,72)(H,73,74). The summed E-state index contributed by atoms with van der Waals surface area (Å²) in [6, 6.07) is 15.0. The predicted octanol–water partition coefficient (Wildman–Crippen LogP) is 6.71. The highest BCUT2D eigenvalue weighted by Gasteiger charge is 2.57. The van der Waals surface area contributed by atoms with Gasteiger partial charge in [-0.15, -0.1) is 0 Å². The monoisotopic (exact) mass is 1100 g/mol. The minimum Gasteiger partial charge on any atom is -0.465 e. The van der Waals surface area contributed by atoms with Crippen LogP contribution in [-0.2, 0) is 32.0 Å². The van der Waals surface area contributed by atoms with Gasteiger partial charge in [0.1, 0.15) is 17.9 Å². The van der Waals surface area contributed by atoms with Gasteiger partial charge in [-0.05, 0) is 101 Å². The molecule has 3 fully saturated rings. The first-order valence-corrected chi connectivity index (χ1v) is 25.0. The first-order valence-electron chi connectivity index (χ1n) is 24.6. The smallest absolute Gasteiger partial charge is 0.407 e. The maximum Gasteiger partial charge on any atom is 0.407 e. The first kappa shape index (κ1) is 58.0. The van der Waals surface area contributed by atoms with Gasteiger partial charge in [0, 0.05) is 72.4 Å². The van der Waals surface area contributed by atoms with E-state index >= 15 is 0 Å². The van der Waals surface area contributed by atoms with Crippen LogP contribution in [0.3, 0.4) is 0 Å². The molecule has 24 heteroatoms. The molecule has 6 unspecified atom stereocenters. The molecule has 77 heavy (non-hydrogen) atoms.